The molecule has 2 rings (SSSR count). The monoisotopic (exact) mass is 207 g/mol. The lowest BCUT2D eigenvalue weighted by Gasteiger charge is -2.30. The van der Waals surface area contributed by atoms with Crippen LogP contribution in [-0.2, 0) is 7.05 Å². The highest BCUT2D eigenvalue weighted by Crippen LogP contribution is 2.27. The molecule has 0 bridgehead atoms. The van der Waals surface area contributed by atoms with Gasteiger partial charge in [0.05, 0.1) is 11.4 Å². The van der Waals surface area contributed by atoms with Crippen molar-refractivity contribution in [2.24, 2.45) is 13.0 Å². The van der Waals surface area contributed by atoms with Gasteiger partial charge in [0.2, 0.25) is 0 Å². The summed E-state index contributed by atoms with van der Waals surface area (Å²) in [5.41, 5.74) is 2.31. The van der Waals surface area contributed by atoms with Gasteiger partial charge in [-0.1, -0.05) is 19.8 Å². The fraction of sp³-hybridized carbons (Fsp3) is 0.750. The summed E-state index contributed by atoms with van der Waals surface area (Å²) in [5.74, 6) is 0.790. The highest BCUT2D eigenvalue weighted by Gasteiger charge is 2.21. The first-order valence-corrected chi connectivity index (χ1v) is 5.93. The van der Waals surface area contributed by atoms with Crippen LogP contribution in [0.25, 0.3) is 0 Å². The molecule has 1 aliphatic rings. The molecular weight excluding hydrogens is 186 g/mol. The molecule has 1 heterocycles. The number of nitrogens with one attached hydrogen (secondary N) is 1. The van der Waals surface area contributed by atoms with Crippen LogP contribution in [0.3, 0.4) is 0 Å². The summed E-state index contributed by atoms with van der Waals surface area (Å²) < 4.78 is 1.88. The minimum absolute atomic E-state index is 0.640. The van der Waals surface area contributed by atoms with E-state index in [4.69, 9.17) is 0 Å². The van der Waals surface area contributed by atoms with Crippen LogP contribution in [-0.4, -0.2) is 15.8 Å². The SMILES string of the molecule is Cc1nn(C)cc1NC1CCCCC1C. The number of aromatic nitrogens is 2. The van der Waals surface area contributed by atoms with Crippen LogP contribution in [0.2, 0.25) is 0 Å². The van der Waals surface area contributed by atoms with E-state index in [0.717, 1.165) is 11.6 Å². The molecule has 1 fully saturated rings. The Balaban J connectivity index is 2.04. The zero-order chi connectivity index (χ0) is 10.8. The minimum Gasteiger partial charge on any atom is -0.379 e. The van der Waals surface area contributed by atoms with E-state index in [1.807, 2.05) is 11.7 Å². The smallest absolute Gasteiger partial charge is 0.0825 e. The van der Waals surface area contributed by atoms with Crippen LogP contribution in [0.4, 0.5) is 5.69 Å². The van der Waals surface area contributed by atoms with Crippen molar-refractivity contribution in [2.45, 2.75) is 45.6 Å². The molecular formula is C12H21N3. The van der Waals surface area contributed by atoms with Crippen LogP contribution in [0.5, 0.6) is 0 Å². The maximum Gasteiger partial charge on any atom is 0.0825 e. The van der Waals surface area contributed by atoms with Crippen molar-refractivity contribution in [1.29, 1.82) is 0 Å². The Labute approximate surface area is 91.9 Å². The second-order valence-corrected chi connectivity index (χ2v) is 4.81. The molecule has 0 radical (unpaired) electrons. The van der Waals surface area contributed by atoms with E-state index in [-0.39, 0.29) is 0 Å². The van der Waals surface area contributed by atoms with E-state index in [2.05, 4.69) is 30.5 Å². The molecule has 15 heavy (non-hydrogen) atoms. The number of rotatable bonds is 2. The molecule has 0 saturated heterocycles. The highest BCUT2D eigenvalue weighted by molar-refractivity contribution is 5.46. The molecule has 1 aromatic heterocycles. The maximum atomic E-state index is 4.36. The molecule has 0 spiro atoms. The zero-order valence-corrected chi connectivity index (χ0v) is 9.95. The molecule has 3 heteroatoms. The van der Waals surface area contributed by atoms with E-state index in [1.54, 1.807) is 0 Å². The number of hydrogen-bond donors (Lipinski definition) is 1. The van der Waals surface area contributed by atoms with Crippen LogP contribution in [0.1, 0.15) is 38.3 Å². The number of anilines is 1. The van der Waals surface area contributed by atoms with Crippen molar-refractivity contribution in [1.82, 2.24) is 9.78 Å². The van der Waals surface area contributed by atoms with Crippen molar-refractivity contribution in [3.63, 3.8) is 0 Å². The molecule has 3 nitrogen and oxygen atoms in total. The first-order valence-electron chi connectivity index (χ1n) is 5.93. The molecule has 0 amide bonds. The summed E-state index contributed by atoms with van der Waals surface area (Å²) in [7, 11) is 1.97. The van der Waals surface area contributed by atoms with Gasteiger partial charge in [0, 0.05) is 19.3 Å². The Bertz CT molecular complexity index is 330. The van der Waals surface area contributed by atoms with Gasteiger partial charge in [-0.2, -0.15) is 5.10 Å². The van der Waals surface area contributed by atoms with Crippen LogP contribution in [0, 0.1) is 12.8 Å². The first-order chi connectivity index (χ1) is 7.16. The maximum absolute atomic E-state index is 4.36. The Morgan fingerprint density at radius 3 is 2.73 bits per heavy atom. The van der Waals surface area contributed by atoms with E-state index in [1.165, 1.54) is 31.4 Å². The summed E-state index contributed by atoms with van der Waals surface area (Å²) in [6, 6.07) is 0.640. The summed E-state index contributed by atoms with van der Waals surface area (Å²) in [6.07, 6.45) is 7.50. The quantitative estimate of drug-likeness (QED) is 0.808. The van der Waals surface area contributed by atoms with Crippen LogP contribution >= 0.6 is 0 Å². The van der Waals surface area contributed by atoms with Crippen molar-refractivity contribution in [3.8, 4) is 0 Å². The molecule has 0 aromatic carbocycles. The lowest BCUT2D eigenvalue weighted by molar-refractivity contribution is 0.349. The Morgan fingerprint density at radius 1 is 1.40 bits per heavy atom. The van der Waals surface area contributed by atoms with Crippen LogP contribution in [0.15, 0.2) is 6.20 Å². The van der Waals surface area contributed by atoms with Gasteiger partial charge in [0.15, 0.2) is 0 Å². The van der Waals surface area contributed by atoms with Gasteiger partial charge in [0.1, 0.15) is 0 Å². The van der Waals surface area contributed by atoms with Gasteiger partial charge in [0.25, 0.3) is 0 Å². The second kappa shape index (κ2) is 4.25. The standard InChI is InChI=1S/C12H21N3/c1-9-6-4-5-7-11(9)13-12-8-15(3)14-10(12)2/h8-9,11,13H,4-7H2,1-3H3. The lowest BCUT2D eigenvalue weighted by atomic mass is 9.86. The second-order valence-electron chi connectivity index (χ2n) is 4.81. The van der Waals surface area contributed by atoms with E-state index in [0.29, 0.717) is 6.04 Å². The molecule has 2 unspecified atom stereocenters. The molecule has 84 valence electrons. The summed E-state index contributed by atoms with van der Waals surface area (Å²) >= 11 is 0. The summed E-state index contributed by atoms with van der Waals surface area (Å²) in [6.45, 7) is 4.42. The van der Waals surface area contributed by atoms with Gasteiger partial charge >= 0.3 is 0 Å². The largest absolute Gasteiger partial charge is 0.379 e. The summed E-state index contributed by atoms with van der Waals surface area (Å²) in [5, 5.41) is 7.99. The predicted molar refractivity (Wildman–Crippen MR) is 63.0 cm³/mol. The molecule has 0 aliphatic heterocycles. The van der Waals surface area contributed by atoms with Gasteiger partial charge in [-0.15, -0.1) is 0 Å². The third kappa shape index (κ3) is 2.33. The summed E-state index contributed by atoms with van der Waals surface area (Å²) in [4.78, 5) is 0. The Hall–Kier alpha value is -0.990. The normalized spacial score (nSPS) is 26.6. The fourth-order valence-corrected chi connectivity index (χ4v) is 2.47. The average Bonchev–Trinajstić information content (AvgIpc) is 2.49. The van der Waals surface area contributed by atoms with Gasteiger partial charge in [-0.25, -0.2) is 0 Å². The Morgan fingerprint density at radius 2 is 2.13 bits per heavy atom. The van der Waals surface area contributed by atoms with Crippen molar-refractivity contribution >= 4 is 5.69 Å². The Kier molecular flexibility index (Phi) is 2.98. The molecule has 1 saturated carbocycles. The van der Waals surface area contributed by atoms with Gasteiger partial charge in [-0.05, 0) is 25.7 Å². The molecule has 1 aromatic rings. The van der Waals surface area contributed by atoms with Crippen molar-refractivity contribution < 1.29 is 0 Å². The highest BCUT2D eigenvalue weighted by atomic mass is 15.3. The third-order valence-electron chi connectivity index (χ3n) is 3.47. The van der Waals surface area contributed by atoms with Crippen molar-refractivity contribution in [2.75, 3.05) is 5.32 Å². The minimum atomic E-state index is 0.640. The molecule has 1 aliphatic carbocycles. The number of hydrogen-bond acceptors (Lipinski definition) is 2. The first kappa shape index (κ1) is 10.5. The number of nitrogens with zero attached hydrogens (tertiary/aromatic N) is 2. The molecule has 2 atom stereocenters. The van der Waals surface area contributed by atoms with Gasteiger partial charge < -0.3 is 5.32 Å². The zero-order valence-electron chi connectivity index (χ0n) is 9.95. The van der Waals surface area contributed by atoms with Crippen molar-refractivity contribution in [3.05, 3.63) is 11.9 Å². The van der Waals surface area contributed by atoms with E-state index >= 15 is 0 Å². The van der Waals surface area contributed by atoms with E-state index < -0.39 is 0 Å². The average molecular weight is 207 g/mol. The lowest BCUT2D eigenvalue weighted by Crippen LogP contribution is -2.30. The number of aryl methyl sites for hydroxylation is 2. The van der Waals surface area contributed by atoms with Crippen LogP contribution < -0.4 is 5.32 Å². The fourth-order valence-electron chi connectivity index (χ4n) is 2.47. The van der Waals surface area contributed by atoms with Gasteiger partial charge in [-0.3, -0.25) is 4.68 Å². The molecule has 1 N–H and O–H groups in total. The predicted octanol–water partition coefficient (Wildman–Crippen LogP) is 2.72. The topological polar surface area (TPSA) is 29.9 Å². The third-order valence-corrected chi connectivity index (χ3v) is 3.47. The van der Waals surface area contributed by atoms with E-state index in [9.17, 15) is 0 Å².